The second kappa shape index (κ2) is 26.1. The third-order valence-corrected chi connectivity index (χ3v) is 14.9. The summed E-state index contributed by atoms with van der Waals surface area (Å²) in [6, 6.07) is 45.3. The average molecular weight is 1100 g/mol. The number of nitrogens with one attached hydrogen (secondary N) is 1. The van der Waals surface area contributed by atoms with Gasteiger partial charge < -0.3 is 36.6 Å². The number of halogens is 2. The Balaban J connectivity index is 0.000000283. The van der Waals surface area contributed by atoms with Crippen molar-refractivity contribution in [3.05, 3.63) is 244 Å². The molecule has 15 heteroatoms. The molecule has 2 aliphatic rings. The van der Waals surface area contributed by atoms with E-state index in [9.17, 15) is 25.9 Å². The van der Waals surface area contributed by atoms with Crippen molar-refractivity contribution in [1.82, 2.24) is 0 Å². The van der Waals surface area contributed by atoms with Gasteiger partial charge in [0.05, 0.1) is 9.79 Å². The van der Waals surface area contributed by atoms with Crippen LogP contribution in [0.5, 0.6) is 0 Å². The van der Waals surface area contributed by atoms with E-state index in [4.69, 9.17) is 11.6 Å². The lowest BCUT2D eigenvalue weighted by Gasteiger charge is -2.24. The highest BCUT2D eigenvalue weighted by Gasteiger charge is 2.19. The van der Waals surface area contributed by atoms with Crippen molar-refractivity contribution >= 4 is 71.5 Å². The molecule has 8 rings (SSSR count). The fourth-order valence-corrected chi connectivity index (χ4v) is 10.1. The quantitative estimate of drug-likeness (QED) is 0.0797. The molecule has 0 bridgehead atoms. The number of anilines is 3. The third-order valence-electron chi connectivity index (χ3n) is 12.9. The summed E-state index contributed by atoms with van der Waals surface area (Å²) >= 11 is 6.73. The molecule has 0 aromatic heterocycles. The van der Waals surface area contributed by atoms with Crippen molar-refractivity contribution in [2.75, 3.05) is 63.4 Å². The van der Waals surface area contributed by atoms with E-state index < -0.39 is 20.2 Å². The highest BCUT2D eigenvalue weighted by Crippen LogP contribution is 2.36. The molecular weight excluding hydrogens is 1030 g/mol. The molecule has 0 radical (unpaired) electrons. The van der Waals surface area contributed by atoms with Gasteiger partial charge in [0.25, 0.3) is 0 Å². The molecule has 0 saturated heterocycles. The monoisotopic (exact) mass is 1090 g/mol. The smallest absolute Gasteiger partial charge is 0.200 e. The summed E-state index contributed by atoms with van der Waals surface area (Å²) in [5.41, 5.74) is 15.4. The van der Waals surface area contributed by atoms with Gasteiger partial charge in [0.15, 0.2) is 18.0 Å². The largest absolute Gasteiger partial charge is 1.00 e. The van der Waals surface area contributed by atoms with Crippen molar-refractivity contribution in [3.8, 4) is 0 Å². The molecular formula is C61H62Cl2N5O6S2-. The molecule has 0 heterocycles. The fourth-order valence-electron chi connectivity index (χ4n) is 8.79. The SMILES string of the molecule is CCN(Cc1cccc(S(=O)(=O)[O-])c1)c1ccc(C(=C2C=CC(=[N+](CC)Cc3cccc(S(=O)(=O)[O-])c3)C=C2)c2ccccc2Cl)cc1.CNc1ccc(C(=C2C=CC(=[N+](C)C)C=C2)c2ccc(N(C)C)cc2)cc1.[Cl-]. The molecule has 6 aromatic rings. The Morgan fingerprint density at radius 1 is 0.579 bits per heavy atom. The van der Waals surface area contributed by atoms with Crippen molar-refractivity contribution in [3.63, 3.8) is 0 Å². The van der Waals surface area contributed by atoms with Gasteiger partial charge >= 0.3 is 0 Å². The van der Waals surface area contributed by atoms with E-state index in [1.165, 1.54) is 57.9 Å². The molecule has 0 aliphatic heterocycles. The number of benzene rings is 6. The van der Waals surface area contributed by atoms with Crippen molar-refractivity contribution in [2.24, 2.45) is 0 Å². The first-order valence-corrected chi connectivity index (χ1v) is 27.7. The van der Waals surface area contributed by atoms with Crippen LogP contribution in [0.15, 0.2) is 215 Å². The van der Waals surface area contributed by atoms with Gasteiger partial charge in [-0.25, -0.2) is 26.0 Å². The van der Waals surface area contributed by atoms with Gasteiger partial charge in [-0.05, 0) is 149 Å². The first-order valence-electron chi connectivity index (χ1n) is 24.5. The molecule has 0 fully saturated rings. The Bertz CT molecular complexity index is 3500. The zero-order chi connectivity index (χ0) is 53.9. The van der Waals surface area contributed by atoms with Crippen LogP contribution in [0.1, 0.15) is 47.2 Å². The van der Waals surface area contributed by atoms with Gasteiger partial charge in [-0.1, -0.05) is 90.5 Å². The summed E-state index contributed by atoms with van der Waals surface area (Å²) in [5.74, 6) is 0. The molecule has 0 amide bonds. The predicted octanol–water partition coefficient (Wildman–Crippen LogP) is 8.22. The van der Waals surface area contributed by atoms with Crippen LogP contribution in [-0.2, 0) is 33.3 Å². The first kappa shape index (κ1) is 58.2. The van der Waals surface area contributed by atoms with Crippen molar-refractivity contribution in [2.45, 2.75) is 36.7 Å². The Kier molecular flexibility index (Phi) is 20.0. The summed E-state index contributed by atoms with van der Waals surface area (Å²) < 4.78 is 73.5. The topological polar surface area (TPSA) is 139 Å². The Morgan fingerprint density at radius 3 is 1.54 bits per heavy atom. The fraction of sp³-hybridized carbons (Fsp3) is 0.180. The van der Waals surface area contributed by atoms with E-state index in [0.29, 0.717) is 42.3 Å². The Morgan fingerprint density at radius 2 is 1.05 bits per heavy atom. The molecule has 0 unspecified atom stereocenters. The van der Waals surface area contributed by atoms with E-state index in [0.717, 1.165) is 39.4 Å². The zero-order valence-electron chi connectivity index (χ0n) is 43.6. The molecule has 76 heavy (non-hydrogen) atoms. The maximum atomic E-state index is 11.5. The van der Waals surface area contributed by atoms with E-state index in [1.807, 2.05) is 93.7 Å². The second-order valence-corrected chi connectivity index (χ2v) is 21.4. The number of hydrogen-bond donors (Lipinski definition) is 1. The highest BCUT2D eigenvalue weighted by molar-refractivity contribution is 7.86. The second-order valence-electron chi connectivity index (χ2n) is 18.3. The molecule has 0 atom stereocenters. The van der Waals surface area contributed by atoms with Gasteiger partial charge in [-0.3, -0.25) is 0 Å². The van der Waals surface area contributed by atoms with E-state index in [2.05, 4.69) is 125 Å². The number of nitrogens with zero attached hydrogens (tertiary/aromatic N) is 4. The van der Waals surface area contributed by atoms with E-state index >= 15 is 0 Å². The molecule has 1 N–H and O–H groups in total. The van der Waals surface area contributed by atoms with E-state index in [-0.39, 0.29) is 22.2 Å². The zero-order valence-corrected chi connectivity index (χ0v) is 46.8. The van der Waals surface area contributed by atoms with Gasteiger partial charge in [-0.15, -0.1) is 0 Å². The maximum absolute atomic E-state index is 11.5. The van der Waals surface area contributed by atoms with Crippen LogP contribution in [0.2, 0.25) is 5.02 Å². The van der Waals surface area contributed by atoms with Gasteiger partial charge in [0.1, 0.15) is 40.9 Å². The average Bonchev–Trinajstić information content (AvgIpc) is 3.42. The van der Waals surface area contributed by atoms with Gasteiger partial charge in [-0.2, -0.15) is 0 Å². The standard InChI is InChI=1S/C37H35ClN2O6S2.C24H27N3.ClH/c1-3-39(25-27-9-7-11-33(23-27)47(41,42)43)31-19-15-29(16-20-31)37(35-13-5-6-14-36(35)38)30-17-21-32(22-18-30)40(4-2)26-28-10-8-12-34(24-28)48(44,45)46;1-25-21-12-6-18(7-13-21)24(19-8-14-22(15-9-19)26(2)3)20-10-16-23(17-11-20)27(4)5;/h5-24H,3-4,25-26H2,1-2H3,(H-,41,42,43,44,45,46);6-17H,1-5H3;1H/p-1. The molecule has 6 aromatic carbocycles. The first-order chi connectivity index (χ1) is 35.9. The van der Waals surface area contributed by atoms with Crippen LogP contribution in [0.25, 0.3) is 11.1 Å². The lowest BCUT2D eigenvalue weighted by atomic mass is 9.90. The van der Waals surface area contributed by atoms with Crippen LogP contribution in [-0.4, -0.2) is 94.8 Å². The minimum atomic E-state index is -4.55. The summed E-state index contributed by atoms with van der Waals surface area (Å²) in [6.07, 6.45) is 16.8. The molecule has 0 saturated carbocycles. The lowest BCUT2D eigenvalue weighted by molar-refractivity contribution is -0.539. The number of hydrogen-bond acceptors (Lipinski definition) is 9. The summed E-state index contributed by atoms with van der Waals surface area (Å²) in [6.45, 7) is 6.17. The van der Waals surface area contributed by atoms with Crippen LogP contribution >= 0.6 is 11.6 Å². The highest BCUT2D eigenvalue weighted by atomic mass is 35.5. The maximum Gasteiger partial charge on any atom is 0.200 e. The van der Waals surface area contributed by atoms with Crippen LogP contribution in [0, 0.1) is 0 Å². The summed E-state index contributed by atoms with van der Waals surface area (Å²) in [4.78, 5) is 3.72. The van der Waals surface area contributed by atoms with Gasteiger partial charge in [0.2, 0.25) is 0 Å². The minimum Gasteiger partial charge on any atom is -1.00 e. The van der Waals surface area contributed by atoms with E-state index in [1.54, 1.807) is 24.3 Å². The third kappa shape index (κ3) is 14.8. The Hall–Kier alpha value is -7.10. The van der Waals surface area contributed by atoms with Crippen LogP contribution < -0.4 is 27.5 Å². The van der Waals surface area contributed by atoms with Gasteiger partial charge in [0, 0.05) is 91.7 Å². The minimum absolute atomic E-state index is 0. The van der Waals surface area contributed by atoms with Crippen molar-refractivity contribution < 1.29 is 47.5 Å². The molecule has 394 valence electrons. The summed E-state index contributed by atoms with van der Waals surface area (Å²) in [5, 5.41) is 3.80. The van der Waals surface area contributed by atoms with Crippen LogP contribution in [0.4, 0.5) is 17.1 Å². The molecule has 11 nitrogen and oxygen atoms in total. The van der Waals surface area contributed by atoms with Crippen LogP contribution in [0.3, 0.4) is 0 Å². The number of rotatable bonds is 15. The number of allylic oxidation sites excluding steroid dienone is 10. The molecule has 2 aliphatic carbocycles. The normalized spacial score (nSPS) is 12.9. The molecule has 0 spiro atoms. The van der Waals surface area contributed by atoms with Crippen molar-refractivity contribution in [1.29, 1.82) is 0 Å². The predicted molar refractivity (Wildman–Crippen MR) is 305 cm³/mol. The lowest BCUT2D eigenvalue weighted by Crippen LogP contribution is -3.00. The summed E-state index contributed by atoms with van der Waals surface area (Å²) in [7, 11) is 1.11. The Labute approximate surface area is 460 Å².